The first-order valence-corrected chi connectivity index (χ1v) is 5.78. The van der Waals surface area contributed by atoms with Gasteiger partial charge in [0, 0.05) is 0 Å². The molecule has 2 aliphatic rings. The van der Waals surface area contributed by atoms with E-state index in [0.29, 0.717) is 5.84 Å². The third kappa shape index (κ3) is 1.99. The highest BCUT2D eigenvalue weighted by Gasteiger charge is 2.39. The van der Waals surface area contributed by atoms with Crippen LogP contribution in [0.1, 0.15) is 11.6 Å². The lowest BCUT2D eigenvalue weighted by Crippen LogP contribution is -2.48. The van der Waals surface area contributed by atoms with E-state index in [1.807, 2.05) is 12.1 Å². The van der Waals surface area contributed by atoms with Crippen LogP contribution in [0.5, 0.6) is 5.75 Å². The van der Waals surface area contributed by atoms with E-state index in [1.165, 1.54) is 0 Å². The number of rotatable bonds is 2. The molecule has 1 saturated heterocycles. The number of nitrogens with zero attached hydrogens (tertiary/aromatic N) is 1. The molecular weight excluding hydrogens is 248 g/mol. The van der Waals surface area contributed by atoms with Crippen LogP contribution in [0.2, 0.25) is 0 Å². The molecule has 2 heterocycles. The number of hydrogen-bond acceptors (Lipinski definition) is 3. The molecule has 0 bridgehead atoms. The Kier molecular flexibility index (Phi) is 2.59. The SMILES string of the molecule is COc1ccc(C2NC(=O)N=C3NC(=O)NC32)cc1. The highest BCUT2D eigenvalue weighted by atomic mass is 16.5. The average Bonchev–Trinajstić information content (AvgIpc) is 2.78. The van der Waals surface area contributed by atoms with Crippen LogP contribution in [-0.2, 0) is 0 Å². The van der Waals surface area contributed by atoms with Gasteiger partial charge in [0.25, 0.3) is 0 Å². The number of carbonyl (C=O) groups excluding carboxylic acids is 2. The summed E-state index contributed by atoms with van der Waals surface area (Å²) in [5.41, 5.74) is 0.871. The maximum absolute atomic E-state index is 11.5. The Hall–Kier alpha value is -2.57. The molecule has 2 unspecified atom stereocenters. The summed E-state index contributed by atoms with van der Waals surface area (Å²) in [5.74, 6) is 1.09. The van der Waals surface area contributed by atoms with Crippen molar-refractivity contribution in [1.82, 2.24) is 16.0 Å². The molecule has 7 nitrogen and oxygen atoms in total. The molecule has 1 fully saturated rings. The minimum Gasteiger partial charge on any atom is -0.497 e. The van der Waals surface area contributed by atoms with Gasteiger partial charge < -0.3 is 15.4 Å². The van der Waals surface area contributed by atoms with Crippen molar-refractivity contribution in [3.63, 3.8) is 0 Å². The smallest absolute Gasteiger partial charge is 0.343 e. The molecule has 7 heteroatoms. The molecule has 19 heavy (non-hydrogen) atoms. The first-order valence-electron chi connectivity index (χ1n) is 5.78. The molecule has 2 aliphatic heterocycles. The highest BCUT2D eigenvalue weighted by Crippen LogP contribution is 2.24. The summed E-state index contributed by atoms with van der Waals surface area (Å²) in [6, 6.07) is 5.78. The summed E-state index contributed by atoms with van der Waals surface area (Å²) in [6.45, 7) is 0. The van der Waals surface area contributed by atoms with Crippen LogP contribution in [-0.4, -0.2) is 31.0 Å². The molecular formula is C12H12N4O3. The number of urea groups is 2. The van der Waals surface area contributed by atoms with Crippen LogP contribution in [0, 0.1) is 0 Å². The molecule has 0 saturated carbocycles. The van der Waals surface area contributed by atoms with Crippen LogP contribution in [0.4, 0.5) is 9.59 Å². The summed E-state index contributed by atoms with van der Waals surface area (Å²) in [6.07, 6.45) is 0. The van der Waals surface area contributed by atoms with Gasteiger partial charge in [-0.1, -0.05) is 12.1 Å². The van der Waals surface area contributed by atoms with E-state index >= 15 is 0 Å². The third-order valence-corrected chi connectivity index (χ3v) is 3.13. The zero-order valence-corrected chi connectivity index (χ0v) is 10.1. The van der Waals surface area contributed by atoms with E-state index in [0.717, 1.165) is 11.3 Å². The van der Waals surface area contributed by atoms with E-state index in [4.69, 9.17) is 4.74 Å². The van der Waals surface area contributed by atoms with E-state index in [1.54, 1.807) is 19.2 Å². The molecule has 98 valence electrons. The van der Waals surface area contributed by atoms with Gasteiger partial charge >= 0.3 is 12.1 Å². The Bertz CT molecular complexity index is 567. The standard InChI is InChI=1S/C12H12N4O3/c1-19-7-4-2-6(3-5-7)8-9-10(15-11(17)13-8)16-12(18)14-9/h2-5,8-9H,1H3,(H3,13,14,15,16,17,18). The topological polar surface area (TPSA) is 91.8 Å². The van der Waals surface area contributed by atoms with Gasteiger partial charge in [-0.2, -0.15) is 4.99 Å². The van der Waals surface area contributed by atoms with Crippen molar-refractivity contribution in [1.29, 1.82) is 0 Å². The lowest BCUT2D eigenvalue weighted by atomic mass is 9.98. The third-order valence-electron chi connectivity index (χ3n) is 3.13. The fraction of sp³-hybridized carbons (Fsp3) is 0.250. The number of benzene rings is 1. The van der Waals surface area contributed by atoms with Crippen molar-refractivity contribution >= 4 is 17.9 Å². The first kappa shape index (κ1) is 11.5. The van der Waals surface area contributed by atoms with Gasteiger partial charge in [-0.25, -0.2) is 9.59 Å². The van der Waals surface area contributed by atoms with Crippen LogP contribution in [0.3, 0.4) is 0 Å². The number of amides is 4. The van der Waals surface area contributed by atoms with Crippen LogP contribution in [0.25, 0.3) is 0 Å². The van der Waals surface area contributed by atoms with Crippen molar-refractivity contribution in [2.45, 2.75) is 12.1 Å². The lowest BCUT2D eigenvalue weighted by molar-refractivity contribution is 0.239. The first-order chi connectivity index (χ1) is 9.17. The van der Waals surface area contributed by atoms with Crippen molar-refractivity contribution < 1.29 is 14.3 Å². The number of methoxy groups -OCH3 is 1. The second kappa shape index (κ2) is 4.27. The van der Waals surface area contributed by atoms with Gasteiger partial charge in [0.1, 0.15) is 17.6 Å². The maximum atomic E-state index is 11.5. The van der Waals surface area contributed by atoms with Crippen molar-refractivity contribution in [3.8, 4) is 5.75 Å². The number of hydrogen-bond donors (Lipinski definition) is 3. The molecule has 1 aromatic carbocycles. The Morgan fingerprint density at radius 1 is 1.11 bits per heavy atom. The van der Waals surface area contributed by atoms with Gasteiger partial charge in [-0.3, -0.25) is 5.32 Å². The molecule has 0 radical (unpaired) electrons. The van der Waals surface area contributed by atoms with E-state index < -0.39 is 6.03 Å². The van der Waals surface area contributed by atoms with Crippen molar-refractivity contribution in [2.24, 2.45) is 4.99 Å². The summed E-state index contributed by atoms with van der Waals surface area (Å²) < 4.78 is 5.09. The molecule has 4 amide bonds. The maximum Gasteiger partial charge on any atom is 0.343 e. The fourth-order valence-corrected chi connectivity index (χ4v) is 2.22. The van der Waals surface area contributed by atoms with Gasteiger partial charge in [-0.15, -0.1) is 0 Å². The van der Waals surface area contributed by atoms with Gasteiger partial charge in [0.05, 0.1) is 13.2 Å². The molecule has 0 spiro atoms. The summed E-state index contributed by atoms with van der Waals surface area (Å²) in [7, 11) is 1.59. The van der Waals surface area contributed by atoms with Gasteiger partial charge in [-0.05, 0) is 17.7 Å². The normalized spacial score (nSPS) is 24.8. The summed E-state index contributed by atoms with van der Waals surface area (Å²) >= 11 is 0. The Morgan fingerprint density at radius 2 is 1.84 bits per heavy atom. The number of ether oxygens (including phenoxy) is 1. The largest absolute Gasteiger partial charge is 0.497 e. The van der Waals surface area contributed by atoms with Gasteiger partial charge in [0.15, 0.2) is 0 Å². The van der Waals surface area contributed by atoms with Crippen LogP contribution < -0.4 is 20.7 Å². The van der Waals surface area contributed by atoms with Crippen molar-refractivity contribution in [2.75, 3.05) is 7.11 Å². The number of carbonyl (C=O) groups is 2. The van der Waals surface area contributed by atoms with E-state index in [9.17, 15) is 9.59 Å². The molecule has 0 aliphatic carbocycles. The summed E-state index contributed by atoms with van der Waals surface area (Å²) in [5, 5.41) is 7.99. The van der Waals surface area contributed by atoms with Crippen molar-refractivity contribution in [3.05, 3.63) is 29.8 Å². The predicted octanol–water partition coefficient (Wildman–Crippen LogP) is 0.539. The minimum atomic E-state index is -0.462. The second-order valence-corrected chi connectivity index (χ2v) is 4.27. The lowest BCUT2D eigenvalue weighted by Gasteiger charge is -2.27. The molecule has 3 rings (SSSR count). The Balaban J connectivity index is 1.93. The Labute approximate surface area is 109 Å². The number of fused-ring (bicyclic) bond motifs is 1. The van der Waals surface area contributed by atoms with Crippen LogP contribution in [0.15, 0.2) is 29.3 Å². The minimum absolute atomic E-state index is 0.343. The number of aliphatic imine (C=N–C) groups is 1. The quantitative estimate of drug-likeness (QED) is 0.724. The number of amidine groups is 1. The van der Waals surface area contributed by atoms with Crippen LogP contribution >= 0.6 is 0 Å². The van der Waals surface area contributed by atoms with Gasteiger partial charge in [0.2, 0.25) is 0 Å². The van der Waals surface area contributed by atoms with E-state index in [2.05, 4.69) is 20.9 Å². The zero-order valence-electron chi connectivity index (χ0n) is 10.1. The molecule has 0 aromatic heterocycles. The monoisotopic (exact) mass is 260 g/mol. The van der Waals surface area contributed by atoms with E-state index in [-0.39, 0.29) is 18.1 Å². The second-order valence-electron chi connectivity index (χ2n) is 4.27. The Morgan fingerprint density at radius 3 is 2.53 bits per heavy atom. The fourth-order valence-electron chi connectivity index (χ4n) is 2.22. The molecule has 2 atom stereocenters. The molecule has 1 aromatic rings. The zero-order chi connectivity index (χ0) is 13.4. The highest BCUT2D eigenvalue weighted by molar-refractivity contribution is 6.12. The average molecular weight is 260 g/mol. The number of nitrogens with one attached hydrogen (secondary N) is 3. The summed E-state index contributed by atoms with van der Waals surface area (Å²) in [4.78, 5) is 26.6. The molecule has 3 N–H and O–H groups in total. The predicted molar refractivity (Wildman–Crippen MR) is 67.2 cm³/mol.